The van der Waals surface area contributed by atoms with Gasteiger partial charge in [0, 0.05) is 22.0 Å². The Kier molecular flexibility index (Phi) is 3.22. The molecule has 0 aromatic carbocycles. The Morgan fingerprint density at radius 3 is 2.57 bits per heavy atom. The minimum absolute atomic E-state index is 0.000672. The smallest absolute Gasteiger partial charge is 0.425 e. The molecular formula is C13H6F3NO2S2. The maximum atomic E-state index is 12.7. The molecule has 8 heteroatoms. The summed E-state index contributed by atoms with van der Waals surface area (Å²) in [6.45, 7) is 0. The van der Waals surface area contributed by atoms with Gasteiger partial charge in [0.25, 0.3) is 0 Å². The standard InChI is InChI=1S/C13H6F3NO2S2/c14-13(15,16)8-4-3-7(20-8)9-6-2-1-5-17-11(6)21-10(9)12(18)19/h1-5H,(H,18,19). The van der Waals surface area contributed by atoms with E-state index in [9.17, 15) is 23.1 Å². The molecule has 3 aromatic rings. The van der Waals surface area contributed by atoms with E-state index in [4.69, 9.17) is 0 Å². The summed E-state index contributed by atoms with van der Waals surface area (Å²) < 4.78 is 38.1. The van der Waals surface area contributed by atoms with Crippen LogP contribution in [-0.4, -0.2) is 16.1 Å². The third-order valence-electron chi connectivity index (χ3n) is 2.79. The van der Waals surface area contributed by atoms with Crippen molar-refractivity contribution in [3.8, 4) is 10.4 Å². The van der Waals surface area contributed by atoms with Gasteiger partial charge >= 0.3 is 12.1 Å². The second-order valence-electron chi connectivity index (χ2n) is 4.13. The molecule has 0 atom stereocenters. The van der Waals surface area contributed by atoms with Gasteiger partial charge in [-0.3, -0.25) is 0 Å². The van der Waals surface area contributed by atoms with Gasteiger partial charge in [0.1, 0.15) is 14.6 Å². The van der Waals surface area contributed by atoms with Crippen LogP contribution in [0.3, 0.4) is 0 Å². The number of aromatic nitrogens is 1. The Morgan fingerprint density at radius 2 is 1.95 bits per heavy atom. The monoisotopic (exact) mass is 329 g/mol. The molecule has 0 spiro atoms. The summed E-state index contributed by atoms with van der Waals surface area (Å²) in [7, 11) is 0. The van der Waals surface area contributed by atoms with E-state index in [1.165, 1.54) is 12.3 Å². The topological polar surface area (TPSA) is 50.2 Å². The molecule has 0 fully saturated rings. The van der Waals surface area contributed by atoms with Crippen molar-refractivity contribution in [1.82, 2.24) is 4.98 Å². The first-order chi connectivity index (χ1) is 9.88. The SMILES string of the molecule is O=C(O)c1sc2ncccc2c1-c1ccc(C(F)(F)F)s1. The fourth-order valence-electron chi connectivity index (χ4n) is 1.95. The molecule has 0 radical (unpaired) electrons. The number of halogens is 3. The van der Waals surface area contributed by atoms with Crippen LogP contribution in [0.4, 0.5) is 13.2 Å². The molecule has 3 nitrogen and oxygen atoms in total. The molecule has 3 heterocycles. The van der Waals surface area contributed by atoms with E-state index in [2.05, 4.69) is 4.98 Å². The summed E-state index contributed by atoms with van der Waals surface area (Å²) in [5.41, 5.74) is 0.302. The number of aromatic carboxylic acids is 1. The third kappa shape index (κ3) is 2.40. The molecule has 0 unspecified atom stereocenters. The Hall–Kier alpha value is -1.93. The maximum Gasteiger partial charge on any atom is 0.425 e. The number of hydrogen-bond acceptors (Lipinski definition) is 4. The van der Waals surface area contributed by atoms with E-state index >= 15 is 0 Å². The molecule has 3 rings (SSSR count). The highest BCUT2D eigenvalue weighted by molar-refractivity contribution is 7.22. The average Bonchev–Trinajstić information content (AvgIpc) is 3.01. The Morgan fingerprint density at radius 1 is 1.19 bits per heavy atom. The van der Waals surface area contributed by atoms with E-state index in [1.807, 2.05) is 0 Å². The lowest BCUT2D eigenvalue weighted by Gasteiger charge is -2.01. The fraction of sp³-hybridized carbons (Fsp3) is 0.0769. The highest BCUT2D eigenvalue weighted by Crippen LogP contribution is 2.44. The predicted octanol–water partition coefficient (Wildman–Crippen LogP) is 4.74. The minimum atomic E-state index is -4.43. The molecule has 3 aromatic heterocycles. The molecule has 0 amide bonds. The zero-order valence-corrected chi connectivity index (χ0v) is 11.8. The van der Waals surface area contributed by atoms with Crippen molar-refractivity contribution in [2.24, 2.45) is 0 Å². The number of hydrogen-bond donors (Lipinski definition) is 1. The number of fused-ring (bicyclic) bond motifs is 1. The van der Waals surface area contributed by atoms with Gasteiger partial charge in [0.05, 0.1) is 0 Å². The number of thiophene rings is 2. The lowest BCUT2D eigenvalue weighted by Crippen LogP contribution is -2.00. The number of carboxylic acid groups (broad SMARTS) is 1. The molecule has 0 saturated carbocycles. The molecule has 0 bridgehead atoms. The number of carboxylic acids is 1. The van der Waals surface area contributed by atoms with Crippen molar-refractivity contribution in [3.63, 3.8) is 0 Å². The van der Waals surface area contributed by atoms with Gasteiger partial charge in [0.2, 0.25) is 0 Å². The fourth-order valence-corrected chi connectivity index (χ4v) is 3.95. The van der Waals surface area contributed by atoms with Crippen LogP contribution in [0.25, 0.3) is 20.7 Å². The van der Waals surface area contributed by atoms with Crippen molar-refractivity contribution < 1.29 is 23.1 Å². The van der Waals surface area contributed by atoms with Crippen LogP contribution in [0.1, 0.15) is 14.5 Å². The molecule has 1 N–H and O–H groups in total. The first-order valence-corrected chi connectivity index (χ1v) is 7.29. The molecule has 108 valence electrons. The van der Waals surface area contributed by atoms with Crippen LogP contribution in [0.2, 0.25) is 0 Å². The maximum absolute atomic E-state index is 12.7. The summed E-state index contributed by atoms with van der Waals surface area (Å²) in [6, 6.07) is 5.55. The number of alkyl halides is 3. The van der Waals surface area contributed by atoms with Gasteiger partial charge in [0.15, 0.2) is 0 Å². The van der Waals surface area contributed by atoms with Gasteiger partial charge < -0.3 is 5.11 Å². The van der Waals surface area contributed by atoms with E-state index in [0.717, 1.165) is 17.4 Å². The lowest BCUT2D eigenvalue weighted by molar-refractivity contribution is -0.134. The third-order valence-corrected chi connectivity index (χ3v) is 5.04. The highest BCUT2D eigenvalue weighted by atomic mass is 32.1. The summed E-state index contributed by atoms with van der Waals surface area (Å²) >= 11 is 1.49. The quantitative estimate of drug-likeness (QED) is 0.738. The summed E-state index contributed by atoms with van der Waals surface area (Å²) in [4.78, 5) is 15.4. The molecule has 0 aliphatic rings. The molecule has 21 heavy (non-hydrogen) atoms. The number of pyridine rings is 1. The normalized spacial score (nSPS) is 12.0. The summed E-state index contributed by atoms with van der Waals surface area (Å²) in [5.74, 6) is -1.17. The largest absolute Gasteiger partial charge is 0.477 e. The minimum Gasteiger partial charge on any atom is -0.477 e. The Labute approximate surface area is 124 Å². The molecule has 0 aliphatic carbocycles. The first kappa shape index (κ1) is 14.0. The van der Waals surface area contributed by atoms with Crippen molar-refractivity contribution in [3.05, 3.63) is 40.2 Å². The van der Waals surface area contributed by atoms with Crippen molar-refractivity contribution in [1.29, 1.82) is 0 Å². The molecular weight excluding hydrogens is 323 g/mol. The van der Waals surface area contributed by atoms with E-state index < -0.39 is 17.0 Å². The van der Waals surface area contributed by atoms with E-state index in [1.54, 1.807) is 12.1 Å². The van der Waals surface area contributed by atoms with Crippen LogP contribution in [0, 0.1) is 0 Å². The zero-order valence-electron chi connectivity index (χ0n) is 10.1. The van der Waals surface area contributed by atoms with Crippen LogP contribution in [0.15, 0.2) is 30.5 Å². The summed E-state index contributed by atoms with van der Waals surface area (Å²) in [5, 5.41) is 9.81. The van der Waals surface area contributed by atoms with Crippen LogP contribution >= 0.6 is 22.7 Å². The van der Waals surface area contributed by atoms with Crippen LogP contribution in [0.5, 0.6) is 0 Å². The zero-order chi connectivity index (χ0) is 15.2. The van der Waals surface area contributed by atoms with Gasteiger partial charge in [-0.1, -0.05) is 0 Å². The van der Waals surface area contributed by atoms with Gasteiger partial charge in [-0.2, -0.15) is 13.2 Å². The van der Waals surface area contributed by atoms with Gasteiger partial charge in [-0.25, -0.2) is 9.78 Å². The van der Waals surface area contributed by atoms with Gasteiger partial charge in [-0.05, 0) is 24.3 Å². The average molecular weight is 329 g/mol. The lowest BCUT2D eigenvalue weighted by atomic mass is 10.1. The predicted molar refractivity (Wildman–Crippen MR) is 74.9 cm³/mol. The van der Waals surface area contributed by atoms with Crippen LogP contribution in [-0.2, 0) is 6.18 Å². The Balaban J connectivity index is 2.26. The van der Waals surface area contributed by atoms with Gasteiger partial charge in [-0.15, -0.1) is 22.7 Å². The number of carbonyl (C=O) groups is 1. The summed E-state index contributed by atoms with van der Waals surface area (Å²) in [6.07, 6.45) is -2.92. The number of nitrogens with zero attached hydrogens (tertiary/aromatic N) is 1. The van der Waals surface area contributed by atoms with E-state index in [-0.39, 0.29) is 9.75 Å². The Bertz CT molecular complexity index is 835. The second kappa shape index (κ2) is 4.81. The molecule has 0 saturated heterocycles. The first-order valence-electron chi connectivity index (χ1n) is 5.66. The van der Waals surface area contributed by atoms with Crippen molar-refractivity contribution in [2.45, 2.75) is 6.18 Å². The molecule has 0 aliphatic heterocycles. The van der Waals surface area contributed by atoms with Crippen molar-refractivity contribution in [2.75, 3.05) is 0 Å². The second-order valence-corrected chi connectivity index (χ2v) is 6.21. The number of rotatable bonds is 2. The van der Waals surface area contributed by atoms with Crippen LogP contribution < -0.4 is 0 Å². The highest BCUT2D eigenvalue weighted by Gasteiger charge is 2.33. The van der Waals surface area contributed by atoms with Crippen molar-refractivity contribution >= 4 is 38.9 Å². The van der Waals surface area contributed by atoms with E-state index in [0.29, 0.717) is 27.1 Å².